The third kappa shape index (κ3) is 1.41. The van der Waals surface area contributed by atoms with Crippen molar-refractivity contribution in [3.63, 3.8) is 0 Å². The molecule has 1 aliphatic heterocycles. The van der Waals surface area contributed by atoms with E-state index in [1.165, 1.54) is 22.0 Å². The molecule has 0 saturated carbocycles. The SMILES string of the molecule is Cc1ccc(Br)cc1[C@@H]1CCN1. The average Bonchev–Trinajstić information content (AvgIpc) is 1.93. The average molecular weight is 226 g/mol. The molecule has 0 aromatic heterocycles. The fourth-order valence-corrected chi connectivity index (χ4v) is 1.92. The van der Waals surface area contributed by atoms with Gasteiger partial charge in [0.2, 0.25) is 0 Å². The highest BCUT2D eigenvalue weighted by atomic mass is 79.9. The van der Waals surface area contributed by atoms with Crippen LogP contribution in [0.2, 0.25) is 0 Å². The summed E-state index contributed by atoms with van der Waals surface area (Å²) >= 11 is 3.49. The molecule has 0 unspecified atom stereocenters. The van der Waals surface area contributed by atoms with Crippen LogP contribution in [0.4, 0.5) is 0 Å². The Labute approximate surface area is 81.3 Å². The monoisotopic (exact) mass is 225 g/mol. The lowest BCUT2D eigenvalue weighted by Crippen LogP contribution is -2.35. The molecule has 0 aliphatic carbocycles. The molecule has 0 spiro atoms. The van der Waals surface area contributed by atoms with Crippen LogP contribution in [0.15, 0.2) is 22.7 Å². The summed E-state index contributed by atoms with van der Waals surface area (Å²) in [4.78, 5) is 0. The molecule has 1 aromatic carbocycles. The van der Waals surface area contributed by atoms with Gasteiger partial charge in [-0.05, 0) is 43.1 Å². The Hall–Kier alpha value is -0.340. The number of hydrogen-bond acceptors (Lipinski definition) is 1. The van der Waals surface area contributed by atoms with Gasteiger partial charge in [-0.25, -0.2) is 0 Å². The van der Waals surface area contributed by atoms with Gasteiger partial charge >= 0.3 is 0 Å². The fraction of sp³-hybridized carbons (Fsp3) is 0.400. The van der Waals surface area contributed by atoms with E-state index in [2.05, 4.69) is 46.4 Å². The van der Waals surface area contributed by atoms with Crippen molar-refractivity contribution in [3.8, 4) is 0 Å². The van der Waals surface area contributed by atoms with Crippen molar-refractivity contribution in [2.75, 3.05) is 6.54 Å². The highest BCUT2D eigenvalue weighted by Gasteiger charge is 2.19. The summed E-state index contributed by atoms with van der Waals surface area (Å²) in [7, 11) is 0. The first-order chi connectivity index (χ1) is 5.77. The number of rotatable bonds is 1. The predicted molar refractivity (Wildman–Crippen MR) is 54.2 cm³/mol. The normalized spacial score (nSPS) is 22.0. The number of nitrogens with one attached hydrogen (secondary N) is 1. The molecular formula is C10H12BrN. The molecule has 2 rings (SSSR count). The van der Waals surface area contributed by atoms with E-state index < -0.39 is 0 Å². The van der Waals surface area contributed by atoms with E-state index in [9.17, 15) is 0 Å². The summed E-state index contributed by atoms with van der Waals surface area (Å²) in [6.45, 7) is 3.33. The van der Waals surface area contributed by atoms with E-state index in [4.69, 9.17) is 0 Å². The number of aryl methyl sites for hydroxylation is 1. The van der Waals surface area contributed by atoms with Gasteiger partial charge in [0.15, 0.2) is 0 Å². The van der Waals surface area contributed by atoms with E-state index in [1.807, 2.05) is 0 Å². The van der Waals surface area contributed by atoms with E-state index in [0.29, 0.717) is 6.04 Å². The van der Waals surface area contributed by atoms with Crippen LogP contribution >= 0.6 is 15.9 Å². The minimum Gasteiger partial charge on any atom is -0.310 e. The second-order valence-corrected chi connectivity index (χ2v) is 4.21. The van der Waals surface area contributed by atoms with Crippen LogP contribution in [0.25, 0.3) is 0 Å². The summed E-state index contributed by atoms with van der Waals surface area (Å²) in [6, 6.07) is 7.07. The Balaban J connectivity index is 2.34. The van der Waals surface area contributed by atoms with Gasteiger partial charge in [-0.2, -0.15) is 0 Å². The Morgan fingerprint density at radius 3 is 2.83 bits per heavy atom. The van der Waals surface area contributed by atoms with E-state index in [-0.39, 0.29) is 0 Å². The lowest BCUT2D eigenvalue weighted by atomic mass is 9.94. The third-order valence-corrected chi connectivity index (χ3v) is 2.93. The summed E-state index contributed by atoms with van der Waals surface area (Å²) in [5.41, 5.74) is 2.83. The molecule has 1 fully saturated rings. The van der Waals surface area contributed by atoms with E-state index in [1.54, 1.807) is 0 Å². The standard InChI is InChI=1S/C10H12BrN/c1-7-2-3-8(11)6-9(7)10-4-5-12-10/h2-3,6,10,12H,4-5H2,1H3/t10-/m0/s1. The fourth-order valence-electron chi connectivity index (χ4n) is 1.54. The highest BCUT2D eigenvalue weighted by Crippen LogP contribution is 2.27. The van der Waals surface area contributed by atoms with Crippen molar-refractivity contribution in [2.45, 2.75) is 19.4 Å². The van der Waals surface area contributed by atoms with Crippen molar-refractivity contribution in [3.05, 3.63) is 33.8 Å². The van der Waals surface area contributed by atoms with E-state index >= 15 is 0 Å². The maximum Gasteiger partial charge on any atom is 0.0335 e. The first-order valence-electron chi connectivity index (χ1n) is 4.27. The Kier molecular flexibility index (Phi) is 2.20. The molecule has 1 nitrogen and oxygen atoms in total. The first kappa shape index (κ1) is 8.27. The minimum absolute atomic E-state index is 0.600. The number of halogens is 1. The lowest BCUT2D eigenvalue weighted by molar-refractivity contribution is 0.382. The third-order valence-electron chi connectivity index (χ3n) is 2.44. The van der Waals surface area contributed by atoms with Gasteiger partial charge in [-0.1, -0.05) is 22.0 Å². The number of hydrogen-bond donors (Lipinski definition) is 1. The van der Waals surface area contributed by atoms with Crippen LogP contribution in [0.3, 0.4) is 0 Å². The van der Waals surface area contributed by atoms with Crippen LogP contribution in [-0.2, 0) is 0 Å². The van der Waals surface area contributed by atoms with Crippen LogP contribution in [-0.4, -0.2) is 6.54 Å². The molecule has 1 heterocycles. The van der Waals surface area contributed by atoms with Crippen molar-refractivity contribution >= 4 is 15.9 Å². The zero-order chi connectivity index (χ0) is 8.55. The molecule has 12 heavy (non-hydrogen) atoms. The molecule has 1 N–H and O–H groups in total. The Morgan fingerprint density at radius 1 is 1.50 bits per heavy atom. The van der Waals surface area contributed by atoms with Crippen LogP contribution in [0, 0.1) is 6.92 Å². The number of benzene rings is 1. The molecule has 2 heteroatoms. The molecule has 0 amide bonds. The van der Waals surface area contributed by atoms with Crippen LogP contribution in [0.1, 0.15) is 23.6 Å². The van der Waals surface area contributed by atoms with Crippen LogP contribution in [0.5, 0.6) is 0 Å². The zero-order valence-corrected chi connectivity index (χ0v) is 8.69. The molecule has 1 atom stereocenters. The van der Waals surface area contributed by atoms with Gasteiger partial charge in [0.25, 0.3) is 0 Å². The van der Waals surface area contributed by atoms with Gasteiger partial charge in [-0.3, -0.25) is 0 Å². The molecule has 1 aromatic rings. The molecule has 0 bridgehead atoms. The first-order valence-corrected chi connectivity index (χ1v) is 5.06. The molecule has 64 valence electrons. The van der Waals surface area contributed by atoms with Crippen molar-refractivity contribution < 1.29 is 0 Å². The molecule has 1 aliphatic rings. The van der Waals surface area contributed by atoms with Gasteiger partial charge in [0, 0.05) is 10.5 Å². The van der Waals surface area contributed by atoms with Crippen molar-refractivity contribution in [1.82, 2.24) is 5.32 Å². The van der Waals surface area contributed by atoms with Gasteiger partial charge in [0.05, 0.1) is 0 Å². The lowest BCUT2D eigenvalue weighted by Gasteiger charge is -2.29. The van der Waals surface area contributed by atoms with Crippen molar-refractivity contribution in [1.29, 1.82) is 0 Å². The second-order valence-electron chi connectivity index (χ2n) is 3.30. The van der Waals surface area contributed by atoms with Crippen molar-refractivity contribution in [2.24, 2.45) is 0 Å². The summed E-state index contributed by atoms with van der Waals surface area (Å²) < 4.78 is 1.18. The Bertz CT molecular complexity index is 292. The van der Waals surface area contributed by atoms with Gasteiger partial charge in [0.1, 0.15) is 0 Å². The van der Waals surface area contributed by atoms with E-state index in [0.717, 1.165) is 6.54 Å². The predicted octanol–water partition coefficient (Wildman–Crippen LogP) is 2.79. The zero-order valence-electron chi connectivity index (χ0n) is 7.10. The minimum atomic E-state index is 0.600. The van der Waals surface area contributed by atoms with Gasteiger partial charge < -0.3 is 5.32 Å². The largest absolute Gasteiger partial charge is 0.310 e. The highest BCUT2D eigenvalue weighted by molar-refractivity contribution is 9.10. The maximum absolute atomic E-state index is 3.49. The summed E-state index contributed by atoms with van der Waals surface area (Å²) in [5.74, 6) is 0. The summed E-state index contributed by atoms with van der Waals surface area (Å²) in [6.07, 6.45) is 1.28. The van der Waals surface area contributed by atoms with Gasteiger partial charge in [-0.15, -0.1) is 0 Å². The smallest absolute Gasteiger partial charge is 0.0335 e. The Morgan fingerprint density at radius 2 is 2.25 bits per heavy atom. The quantitative estimate of drug-likeness (QED) is 0.776. The topological polar surface area (TPSA) is 12.0 Å². The maximum atomic E-state index is 3.49. The molecular weight excluding hydrogens is 214 g/mol. The second kappa shape index (κ2) is 3.19. The molecule has 0 radical (unpaired) electrons. The molecule has 1 saturated heterocycles. The van der Waals surface area contributed by atoms with Crippen LogP contribution < -0.4 is 5.32 Å². The summed E-state index contributed by atoms with van der Waals surface area (Å²) in [5, 5.41) is 3.41.